The van der Waals surface area contributed by atoms with Gasteiger partial charge in [-0.25, -0.2) is 23.7 Å². The summed E-state index contributed by atoms with van der Waals surface area (Å²) >= 11 is 6.25. The van der Waals surface area contributed by atoms with Crippen LogP contribution in [0, 0.1) is 5.82 Å². The van der Waals surface area contributed by atoms with Gasteiger partial charge in [0.2, 0.25) is 5.65 Å². The van der Waals surface area contributed by atoms with Crippen molar-refractivity contribution >= 4 is 29.2 Å². The van der Waals surface area contributed by atoms with E-state index in [1.807, 2.05) is 25.7 Å². The number of carbonyl (C=O) groups is 1. The number of carbonyl (C=O) groups excluding carboxylic acids is 1. The molecule has 4 rings (SSSR count). The summed E-state index contributed by atoms with van der Waals surface area (Å²) in [6, 6.07) is 3.02. The van der Waals surface area contributed by atoms with Gasteiger partial charge in [-0.2, -0.15) is 10.6 Å². The zero-order valence-electron chi connectivity index (χ0n) is 19.1. The highest BCUT2D eigenvalue weighted by Crippen LogP contribution is 2.38. The van der Waals surface area contributed by atoms with Crippen LogP contribution in [0.4, 0.5) is 15.0 Å². The Morgan fingerprint density at radius 2 is 2.15 bits per heavy atom. The third kappa shape index (κ3) is 5.72. The first-order valence-electron chi connectivity index (χ1n) is 10.9. The molecule has 1 N–H and O–H groups in total. The molecular weight excluding hydrogens is 467 g/mol. The van der Waals surface area contributed by atoms with Gasteiger partial charge in [-0.05, 0) is 45.7 Å². The lowest BCUT2D eigenvalue weighted by molar-refractivity contribution is -0.0514. The fourth-order valence-corrected chi connectivity index (χ4v) is 3.96. The van der Waals surface area contributed by atoms with Gasteiger partial charge in [-0.3, -0.25) is 4.84 Å². The lowest BCUT2D eigenvalue weighted by atomic mass is 10.1. The molecule has 0 bridgehead atoms. The zero-order valence-corrected chi connectivity index (χ0v) is 19.9. The summed E-state index contributed by atoms with van der Waals surface area (Å²) in [4.78, 5) is 27.8. The summed E-state index contributed by atoms with van der Waals surface area (Å²) in [6.45, 7) is 6.96. The van der Waals surface area contributed by atoms with E-state index in [1.165, 1.54) is 16.8 Å². The van der Waals surface area contributed by atoms with Crippen LogP contribution in [0.25, 0.3) is 5.65 Å². The van der Waals surface area contributed by atoms with Gasteiger partial charge in [0, 0.05) is 18.3 Å². The highest BCUT2D eigenvalue weighted by Gasteiger charge is 2.30. The molecule has 182 valence electrons. The standard InChI is InChI=1S/C22H26ClFN6O4/c1-22(2,3)32-9-10-33-28-21(31)34-17-13-26-30-8-6-18(27-20(17)30)29-7-4-5-16(29)15-11-14(24)12-25-19(15)23/h6,8,11-13,16H,4-5,7,9-10H2,1-3H3,(H,28,31)/t16-/m1/s1. The number of hydrogen-bond acceptors (Lipinski definition) is 8. The second-order valence-corrected chi connectivity index (χ2v) is 9.11. The average Bonchev–Trinajstić information content (AvgIpc) is 3.41. The van der Waals surface area contributed by atoms with Crippen molar-refractivity contribution in [1.82, 2.24) is 25.1 Å². The maximum Gasteiger partial charge on any atom is 0.436 e. The Balaban J connectivity index is 1.45. The number of nitrogens with one attached hydrogen (secondary N) is 1. The molecule has 4 heterocycles. The lowest BCUT2D eigenvalue weighted by Gasteiger charge is -2.26. The maximum atomic E-state index is 13.8. The Bertz CT molecular complexity index is 1170. The molecule has 34 heavy (non-hydrogen) atoms. The van der Waals surface area contributed by atoms with Gasteiger partial charge < -0.3 is 14.4 Å². The molecule has 3 aromatic rings. The molecule has 1 amide bonds. The Kier molecular flexibility index (Phi) is 7.15. The third-order valence-electron chi connectivity index (χ3n) is 5.14. The van der Waals surface area contributed by atoms with Gasteiger partial charge in [0.05, 0.1) is 37.3 Å². The SMILES string of the molecule is CC(C)(C)OCCONC(=O)Oc1cnn2ccc(N3CCC[C@@H]3c3cc(F)cnc3Cl)nc12. The van der Waals surface area contributed by atoms with Crippen LogP contribution >= 0.6 is 11.6 Å². The number of anilines is 1. The molecule has 0 saturated carbocycles. The molecule has 0 unspecified atom stereocenters. The Morgan fingerprint density at radius 1 is 1.32 bits per heavy atom. The van der Waals surface area contributed by atoms with Crippen molar-refractivity contribution < 1.29 is 23.5 Å². The van der Waals surface area contributed by atoms with Crippen molar-refractivity contribution in [1.29, 1.82) is 0 Å². The van der Waals surface area contributed by atoms with Gasteiger partial charge in [0.15, 0.2) is 5.75 Å². The minimum Gasteiger partial charge on any atom is -0.403 e. The summed E-state index contributed by atoms with van der Waals surface area (Å²) in [5.41, 5.74) is 2.87. The molecule has 0 aliphatic carbocycles. The molecule has 0 radical (unpaired) electrons. The van der Waals surface area contributed by atoms with E-state index < -0.39 is 11.9 Å². The third-order valence-corrected chi connectivity index (χ3v) is 5.46. The molecule has 1 fully saturated rings. The quantitative estimate of drug-likeness (QED) is 0.299. The smallest absolute Gasteiger partial charge is 0.403 e. The molecule has 1 aliphatic rings. The highest BCUT2D eigenvalue weighted by molar-refractivity contribution is 6.30. The van der Waals surface area contributed by atoms with Crippen LogP contribution in [-0.4, -0.2) is 51.0 Å². The van der Waals surface area contributed by atoms with Crippen molar-refractivity contribution in [3.05, 3.63) is 47.3 Å². The number of aromatic nitrogens is 4. The van der Waals surface area contributed by atoms with Crippen LogP contribution < -0.4 is 15.1 Å². The van der Waals surface area contributed by atoms with Crippen LogP contribution in [0.2, 0.25) is 5.15 Å². The predicted molar refractivity (Wildman–Crippen MR) is 122 cm³/mol. The molecule has 0 spiro atoms. The molecule has 1 atom stereocenters. The zero-order chi connectivity index (χ0) is 24.3. The van der Waals surface area contributed by atoms with E-state index in [2.05, 4.69) is 20.5 Å². The second-order valence-electron chi connectivity index (χ2n) is 8.75. The van der Waals surface area contributed by atoms with Crippen LogP contribution in [0.15, 0.2) is 30.7 Å². The fourth-order valence-electron chi connectivity index (χ4n) is 3.73. The van der Waals surface area contributed by atoms with E-state index in [1.54, 1.807) is 12.3 Å². The lowest BCUT2D eigenvalue weighted by Crippen LogP contribution is -2.30. The summed E-state index contributed by atoms with van der Waals surface area (Å²) in [7, 11) is 0. The minimum absolute atomic E-state index is 0.162. The Labute approximate surface area is 200 Å². The summed E-state index contributed by atoms with van der Waals surface area (Å²) in [5, 5.41) is 4.43. The van der Waals surface area contributed by atoms with Gasteiger partial charge in [-0.1, -0.05) is 11.6 Å². The molecule has 3 aromatic heterocycles. The van der Waals surface area contributed by atoms with Crippen LogP contribution in [0.3, 0.4) is 0 Å². The van der Waals surface area contributed by atoms with Gasteiger partial charge in [0.25, 0.3) is 0 Å². The van der Waals surface area contributed by atoms with E-state index in [4.69, 9.17) is 25.9 Å². The van der Waals surface area contributed by atoms with Gasteiger partial charge >= 0.3 is 6.09 Å². The first-order chi connectivity index (χ1) is 16.2. The van der Waals surface area contributed by atoms with Crippen molar-refractivity contribution in [3.8, 4) is 5.75 Å². The monoisotopic (exact) mass is 492 g/mol. The summed E-state index contributed by atoms with van der Waals surface area (Å²) in [5.74, 6) is 0.339. The van der Waals surface area contributed by atoms with Crippen LogP contribution in [0.5, 0.6) is 5.75 Å². The van der Waals surface area contributed by atoms with Crippen molar-refractivity contribution in [3.63, 3.8) is 0 Å². The first-order valence-corrected chi connectivity index (χ1v) is 11.2. The second kappa shape index (κ2) is 10.1. The molecule has 0 aromatic carbocycles. The van der Waals surface area contributed by atoms with E-state index >= 15 is 0 Å². The van der Waals surface area contributed by atoms with Crippen LogP contribution in [0.1, 0.15) is 45.2 Å². The van der Waals surface area contributed by atoms with Crippen LogP contribution in [-0.2, 0) is 9.57 Å². The number of nitrogens with zero attached hydrogens (tertiary/aromatic N) is 5. The first kappa shape index (κ1) is 24.1. The number of hydrogen-bond donors (Lipinski definition) is 1. The molecule has 12 heteroatoms. The van der Waals surface area contributed by atoms with E-state index in [0.29, 0.717) is 30.2 Å². The minimum atomic E-state index is -0.811. The number of pyridine rings is 1. The number of rotatable bonds is 7. The number of fused-ring (bicyclic) bond motifs is 1. The normalized spacial score (nSPS) is 16.3. The van der Waals surface area contributed by atoms with E-state index in [-0.39, 0.29) is 29.2 Å². The highest BCUT2D eigenvalue weighted by atomic mass is 35.5. The summed E-state index contributed by atoms with van der Waals surface area (Å²) < 4.78 is 26.1. The topological polar surface area (TPSA) is 103 Å². The molecular formula is C22H26ClFN6O4. The van der Waals surface area contributed by atoms with Crippen molar-refractivity contribution in [2.24, 2.45) is 0 Å². The summed E-state index contributed by atoms with van der Waals surface area (Å²) in [6.07, 6.45) is 5.05. The van der Waals surface area contributed by atoms with Crippen molar-refractivity contribution in [2.75, 3.05) is 24.7 Å². The van der Waals surface area contributed by atoms with E-state index in [0.717, 1.165) is 19.0 Å². The number of hydroxylamine groups is 1. The van der Waals surface area contributed by atoms with Crippen molar-refractivity contribution in [2.45, 2.75) is 45.3 Å². The van der Waals surface area contributed by atoms with Gasteiger partial charge in [-0.15, -0.1) is 0 Å². The largest absolute Gasteiger partial charge is 0.436 e. The number of amides is 1. The number of halogens is 2. The van der Waals surface area contributed by atoms with Gasteiger partial charge in [0.1, 0.15) is 16.8 Å². The Morgan fingerprint density at radius 3 is 2.94 bits per heavy atom. The molecule has 1 aliphatic heterocycles. The Hall–Kier alpha value is -3.02. The predicted octanol–water partition coefficient (Wildman–Crippen LogP) is 4.09. The maximum absolute atomic E-state index is 13.8. The van der Waals surface area contributed by atoms with E-state index in [9.17, 15) is 9.18 Å². The molecule has 10 nitrogen and oxygen atoms in total. The molecule has 1 saturated heterocycles. The fraction of sp³-hybridized carbons (Fsp3) is 0.455. The number of ether oxygens (including phenoxy) is 2. The average molecular weight is 493 g/mol.